The van der Waals surface area contributed by atoms with Gasteiger partial charge in [0.1, 0.15) is 41.9 Å². The number of hydrogen-bond donors (Lipinski definition) is 2. The zero-order valence-electron chi connectivity index (χ0n) is 39.9. The molecule has 5 aliphatic rings. The van der Waals surface area contributed by atoms with Crippen LogP contribution in [0.1, 0.15) is 87.5 Å². The highest BCUT2D eigenvalue weighted by molar-refractivity contribution is 6.48. The maximum absolute atomic E-state index is 15.9. The molecular weight excluding hydrogens is 925 g/mol. The fraction of sp³-hybridized carbons (Fsp3) is 0.500. The molecule has 3 aromatic carbocycles. The molecule has 5 amide bonds. The second-order valence-electron chi connectivity index (χ2n) is 19.3. The second-order valence-corrected chi connectivity index (χ2v) is 19.7. The number of ether oxygens (including phenoxy) is 5. The first kappa shape index (κ1) is 50.9. The van der Waals surface area contributed by atoms with E-state index in [0.717, 1.165) is 23.5 Å². The molecule has 2 heterocycles. The molecule has 3 saturated carbocycles. The molecule has 0 radical (unpaired) electrons. The Labute approximate surface area is 403 Å². The summed E-state index contributed by atoms with van der Waals surface area (Å²) in [6.45, 7) is 9.82. The van der Waals surface area contributed by atoms with Gasteiger partial charge in [-0.3, -0.25) is 24.1 Å². The van der Waals surface area contributed by atoms with Crippen molar-refractivity contribution in [2.75, 3.05) is 41.0 Å². The number of amides is 5. The lowest BCUT2D eigenvalue weighted by Gasteiger charge is -2.64. The molecule has 2 saturated heterocycles. The third-order valence-electron chi connectivity index (χ3n) is 13.6. The molecule has 2 N–H and O–H groups in total. The number of imide groups is 1. The first-order chi connectivity index (χ1) is 32.5. The number of esters is 2. The van der Waals surface area contributed by atoms with Crippen LogP contribution in [0.4, 0.5) is 13.6 Å². The number of rotatable bonds is 15. The van der Waals surface area contributed by atoms with Gasteiger partial charge >= 0.3 is 36.9 Å². The molecule has 8 rings (SSSR count). The van der Waals surface area contributed by atoms with Gasteiger partial charge in [0.15, 0.2) is 17.3 Å². The van der Waals surface area contributed by atoms with Crippen molar-refractivity contribution in [1.82, 2.24) is 20.4 Å². The van der Waals surface area contributed by atoms with Crippen molar-refractivity contribution in [3.8, 4) is 17.2 Å². The molecule has 21 heteroatoms. The fourth-order valence-corrected chi connectivity index (χ4v) is 10.3. The van der Waals surface area contributed by atoms with Gasteiger partial charge in [0.2, 0.25) is 5.91 Å². The summed E-state index contributed by atoms with van der Waals surface area (Å²) in [5.41, 5.74) is -1.80. The Balaban J connectivity index is 1.21. The number of urea groups is 1. The van der Waals surface area contributed by atoms with E-state index in [9.17, 15) is 24.0 Å². The maximum atomic E-state index is 15.9. The van der Waals surface area contributed by atoms with E-state index in [1.54, 1.807) is 51.1 Å². The molecule has 6 atom stereocenters. The Kier molecular flexibility index (Phi) is 14.6. The Morgan fingerprint density at radius 2 is 1.58 bits per heavy atom. The summed E-state index contributed by atoms with van der Waals surface area (Å²) < 4.78 is 71.8. The largest absolute Gasteiger partial charge is 0.495 e. The van der Waals surface area contributed by atoms with Gasteiger partial charge < -0.3 is 48.5 Å². The summed E-state index contributed by atoms with van der Waals surface area (Å²) in [5.74, 6) is -9.04. The van der Waals surface area contributed by atoms with Crippen molar-refractivity contribution in [3.63, 3.8) is 0 Å². The minimum Gasteiger partial charge on any atom is -0.495 e. The van der Waals surface area contributed by atoms with Crippen LogP contribution in [-0.2, 0) is 51.0 Å². The molecule has 0 spiro atoms. The molecule has 3 aliphatic carbocycles. The number of halogens is 3. The molecule has 69 heavy (non-hydrogen) atoms. The molecule has 1 unspecified atom stereocenters. The Hall–Kier alpha value is -5.99. The fourth-order valence-electron chi connectivity index (χ4n) is 9.94. The monoisotopic (exact) mass is 980 g/mol. The van der Waals surface area contributed by atoms with Crippen molar-refractivity contribution < 1.29 is 70.5 Å². The number of nitrogens with zero attached hydrogens (tertiary/aromatic N) is 2. The van der Waals surface area contributed by atoms with Crippen molar-refractivity contribution in [2.24, 2.45) is 17.3 Å². The van der Waals surface area contributed by atoms with E-state index >= 15 is 13.6 Å². The standard InChI is InChI=1S/C48H56BClF2N4O13/c1-46(2,3)67-44(61)35-29(51)16-15-26(38(35)63-7)19-33(49-68-32-21-27-20-31(47(27,4)5)48(32,6)69-49)53-41(58)37(28-22-30(52)39(64-8)40(65-9)36(28)50)54-45(62)56-18-17-55(42(59)43(56)60)23-34(57)66-24-25-13-11-10-12-14-25/h10-16,22,27,31-33,37H,17-21,23-24H2,1-9H3,(H,53,58)(H,54,62)/t27-,31-,32+,33-,37?,48-/m0/s1. The Bertz CT molecular complexity index is 2530. The zero-order valence-corrected chi connectivity index (χ0v) is 40.6. The molecule has 2 aliphatic heterocycles. The zero-order chi connectivity index (χ0) is 50.3. The highest BCUT2D eigenvalue weighted by atomic mass is 35.5. The minimum absolute atomic E-state index is 0.0730. The van der Waals surface area contributed by atoms with E-state index in [-0.39, 0.29) is 58.6 Å². The lowest BCUT2D eigenvalue weighted by Crippen LogP contribution is -2.65. The van der Waals surface area contributed by atoms with Crippen LogP contribution >= 0.6 is 11.6 Å². The summed E-state index contributed by atoms with van der Waals surface area (Å²) in [4.78, 5) is 83.7. The number of nitrogens with one attached hydrogen (secondary N) is 2. The van der Waals surface area contributed by atoms with Crippen LogP contribution < -0.4 is 24.8 Å². The van der Waals surface area contributed by atoms with E-state index in [4.69, 9.17) is 44.6 Å². The maximum Gasteiger partial charge on any atom is 0.482 e. The SMILES string of the molecule is COc1c(F)cc(C(NC(=O)N2CCN(CC(=O)OCc3ccccc3)C(=O)C2=O)C(=O)N[C@@H](Cc2ccc(F)c(C(=O)OC(C)(C)C)c2OC)B2O[C@@H]3C[C@@H]4C[C@@H](C4(C)C)[C@]3(C)O2)c(Cl)c1OC. The number of carbonyl (C=O) groups excluding carboxylic acids is 6. The summed E-state index contributed by atoms with van der Waals surface area (Å²) in [6, 6.07) is 8.90. The Morgan fingerprint density at radius 3 is 2.22 bits per heavy atom. The number of hydrogen-bond acceptors (Lipinski definition) is 13. The van der Waals surface area contributed by atoms with Gasteiger partial charge in [-0.25, -0.2) is 18.4 Å². The number of benzene rings is 3. The lowest BCUT2D eigenvalue weighted by atomic mass is 9.43. The van der Waals surface area contributed by atoms with E-state index in [1.165, 1.54) is 27.4 Å². The summed E-state index contributed by atoms with van der Waals surface area (Å²) in [5, 5.41) is 4.97. The van der Waals surface area contributed by atoms with E-state index in [2.05, 4.69) is 24.5 Å². The average molecular weight is 981 g/mol. The van der Waals surface area contributed by atoms with Gasteiger partial charge in [-0.05, 0) is 87.5 Å². The van der Waals surface area contributed by atoms with Gasteiger partial charge in [0.05, 0.1) is 44.0 Å². The number of piperazine rings is 1. The van der Waals surface area contributed by atoms with Crippen molar-refractivity contribution >= 4 is 54.4 Å². The summed E-state index contributed by atoms with van der Waals surface area (Å²) >= 11 is 6.81. The minimum atomic E-state index is -1.94. The number of methoxy groups -OCH3 is 3. The predicted octanol–water partition coefficient (Wildman–Crippen LogP) is 5.76. The van der Waals surface area contributed by atoms with Gasteiger partial charge in [-0.2, -0.15) is 0 Å². The first-order valence-corrected chi connectivity index (χ1v) is 22.8. The molecule has 17 nitrogen and oxygen atoms in total. The smallest absolute Gasteiger partial charge is 0.482 e. The molecule has 3 aromatic rings. The number of carbonyl (C=O) groups is 6. The van der Waals surface area contributed by atoms with Crippen LogP contribution in [0.3, 0.4) is 0 Å². The van der Waals surface area contributed by atoms with E-state index in [0.29, 0.717) is 22.8 Å². The molecular formula is C48H56BClF2N4O13. The summed E-state index contributed by atoms with van der Waals surface area (Å²) in [6.07, 6.45) is 0.925. The lowest BCUT2D eigenvalue weighted by molar-refractivity contribution is -0.199. The van der Waals surface area contributed by atoms with Crippen LogP contribution in [0.5, 0.6) is 17.2 Å². The summed E-state index contributed by atoms with van der Waals surface area (Å²) in [7, 11) is 2.40. The normalized spacial score (nSPS) is 22.4. The van der Waals surface area contributed by atoms with Gasteiger partial charge in [-0.15, -0.1) is 0 Å². The average Bonchev–Trinajstić information content (AvgIpc) is 3.66. The van der Waals surface area contributed by atoms with Crippen LogP contribution in [0.25, 0.3) is 0 Å². The van der Waals surface area contributed by atoms with Crippen LogP contribution in [0.2, 0.25) is 5.02 Å². The quantitative estimate of drug-likeness (QED) is 0.106. The first-order valence-electron chi connectivity index (χ1n) is 22.5. The molecule has 5 fully saturated rings. The molecule has 370 valence electrons. The van der Waals surface area contributed by atoms with E-state index < -0.39 is 108 Å². The highest BCUT2D eigenvalue weighted by Crippen LogP contribution is 2.66. The molecule has 0 aromatic heterocycles. The van der Waals surface area contributed by atoms with E-state index in [1.807, 2.05) is 6.92 Å². The highest BCUT2D eigenvalue weighted by Gasteiger charge is 2.68. The van der Waals surface area contributed by atoms with Crippen molar-refractivity contribution in [2.45, 2.75) is 96.7 Å². The van der Waals surface area contributed by atoms with Gasteiger partial charge in [0.25, 0.3) is 0 Å². The van der Waals surface area contributed by atoms with Gasteiger partial charge in [0, 0.05) is 18.7 Å². The Morgan fingerprint density at radius 1 is 0.899 bits per heavy atom. The second kappa shape index (κ2) is 19.8. The van der Waals surface area contributed by atoms with Crippen molar-refractivity contribution in [1.29, 1.82) is 0 Å². The topological polar surface area (TPSA) is 198 Å². The van der Waals surface area contributed by atoms with Crippen molar-refractivity contribution in [3.05, 3.63) is 87.4 Å². The van der Waals surface area contributed by atoms with Crippen LogP contribution in [-0.4, -0.2) is 117 Å². The van der Waals surface area contributed by atoms with Crippen LogP contribution in [0, 0.1) is 28.9 Å². The third kappa shape index (κ3) is 10.1. The predicted molar refractivity (Wildman–Crippen MR) is 244 cm³/mol. The third-order valence-corrected chi connectivity index (χ3v) is 14.0. The van der Waals surface area contributed by atoms with Crippen LogP contribution in [0.15, 0.2) is 48.5 Å². The van der Waals surface area contributed by atoms with Gasteiger partial charge in [-0.1, -0.05) is 61.8 Å². The molecule has 2 bridgehead atoms.